The fraction of sp³-hybridized carbons (Fsp3) is 0.263. The first-order valence-electron chi connectivity index (χ1n) is 8.68. The van der Waals surface area contributed by atoms with Crippen LogP contribution in [0.2, 0.25) is 0 Å². The van der Waals surface area contributed by atoms with E-state index in [0.29, 0.717) is 42.6 Å². The third kappa shape index (κ3) is 2.86. The number of benzene rings is 2. The van der Waals surface area contributed by atoms with Gasteiger partial charge in [-0.25, -0.2) is 13.2 Å². The van der Waals surface area contributed by atoms with E-state index in [0.717, 1.165) is 5.56 Å². The van der Waals surface area contributed by atoms with Crippen LogP contribution in [0.25, 0.3) is 0 Å². The van der Waals surface area contributed by atoms with Crippen LogP contribution in [0.15, 0.2) is 41.3 Å². The van der Waals surface area contributed by atoms with Crippen LogP contribution in [0.5, 0.6) is 0 Å². The zero-order valence-corrected chi connectivity index (χ0v) is 15.3. The average molecular weight is 386 g/mol. The fourth-order valence-corrected chi connectivity index (χ4v) is 5.28. The summed E-state index contributed by atoms with van der Waals surface area (Å²) < 4.78 is 27.8. The Morgan fingerprint density at radius 2 is 1.96 bits per heavy atom. The Hall–Kier alpha value is -2.87. The number of nitrogens with one attached hydrogen (secondary N) is 1. The predicted molar refractivity (Wildman–Crippen MR) is 98.7 cm³/mol. The molecule has 4 rings (SSSR count). The second-order valence-corrected chi connectivity index (χ2v) is 8.48. The normalized spacial score (nSPS) is 16.3. The monoisotopic (exact) mass is 386 g/mol. The van der Waals surface area contributed by atoms with E-state index in [1.807, 2.05) is 0 Å². The summed E-state index contributed by atoms with van der Waals surface area (Å²) in [4.78, 5) is 23.6. The Morgan fingerprint density at radius 3 is 2.74 bits per heavy atom. The summed E-state index contributed by atoms with van der Waals surface area (Å²) in [5.74, 6) is -1.35. The molecule has 0 saturated carbocycles. The van der Waals surface area contributed by atoms with Gasteiger partial charge in [-0.3, -0.25) is 9.10 Å². The molecule has 0 radical (unpaired) electrons. The lowest BCUT2D eigenvalue weighted by Crippen LogP contribution is -2.37. The second-order valence-electron chi connectivity index (χ2n) is 6.61. The maximum Gasteiger partial charge on any atom is 0.336 e. The number of carbonyl (C=O) groups excluding carboxylic acids is 1. The zero-order valence-electron chi connectivity index (χ0n) is 14.4. The maximum absolute atomic E-state index is 13.3. The van der Waals surface area contributed by atoms with Crippen LogP contribution >= 0.6 is 0 Å². The molecule has 0 fully saturated rings. The number of carboxylic acids is 1. The van der Waals surface area contributed by atoms with E-state index in [-0.39, 0.29) is 22.9 Å². The van der Waals surface area contributed by atoms with Crippen molar-refractivity contribution in [3.63, 3.8) is 0 Å². The number of amides is 1. The highest BCUT2D eigenvalue weighted by molar-refractivity contribution is 7.92. The van der Waals surface area contributed by atoms with Gasteiger partial charge in [0.25, 0.3) is 15.9 Å². The molecule has 0 saturated heterocycles. The Bertz CT molecular complexity index is 1060. The first kappa shape index (κ1) is 17.5. The number of sulfonamides is 1. The number of hydrogen-bond donors (Lipinski definition) is 2. The number of nitrogens with zero attached hydrogens (tertiary/aromatic N) is 1. The Kier molecular flexibility index (Phi) is 4.15. The quantitative estimate of drug-likeness (QED) is 0.837. The van der Waals surface area contributed by atoms with Crippen molar-refractivity contribution in [2.24, 2.45) is 0 Å². The molecule has 0 unspecified atom stereocenters. The van der Waals surface area contributed by atoms with Crippen molar-refractivity contribution >= 4 is 27.6 Å². The second kappa shape index (κ2) is 6.38. The molecule has 2 N–H and O–H groups in total. The van der Waals surface area contributed by atoms with Crippen molar-refractivity contribution in [1.82, 2.24) is 5.32 Å². The van der Waals surface area contributed by atoms with Gasteiger partial charge in [0.1, 0.15) is 0 Å². The van der Waals surface area contributed by atoms with E-state index in [9.17, 15) is 23.1 Å². The number of hydrogen-bond acceptors (Lipinski definition) is 4. The van der Waals surface area contributed by atoms with Gasteiger partial charge in [0.15, 0.2) is 0 Å². The van der Waals surface area contributed by atoms with Gasteiger partial charge < -0.3 is 10.4 Å². The third-order valence-electron chi connectivity index (χ3n) is 5.03. The Balaban J connectivity index is 1.81. The van der Waals surface area contributed by atoms with E-state index < -0.39 is 16.0 Å². The molecule has 0 spiro atoms. The lowest BCUT2D eigenvalue weighted by molar-refractivity contribution is 0.0695. The lowest BCUT2D eigenvalue weighted by Gasteiger charge is -2.31. The Morgan fingerprint density at radius 1 is 1.15 bits per heavy atom. The molecule has 27 heavy (non-hydrogen) atoms. The summed E-state index contributed by atoms with van der Waals surface area (Å²) in [5.41, 5.74) is 2.24. The largest absolute Gasteiger partial charge is 0.478 e. The highest BCUT2D eigenvalue weighted by atomic mass is 32.2. The number of rotatable bonds is 3. The predicted octanol–water partition coefficient (Wildman–Crippen LogP) is 1.81. The molecule has 0 aliphatic carbocycles. The van der Waals surface area contributed by atoms with Crippen LogP contribution in [0.3, 0.4) is 0 Å². The van der Waals surface area contributed by atoms with Crippen LogP contribution in [0.4, 0.5) is 5.69 Å². The summed E-state index contributed by atoms with van der Waals surface area (Å²) in [6, 6.07) is 9.27. The van der Waals surface area contributed by atoms with Crippen molar-refractivity contribution in [3.8, 4) is 0 Å². The first-order valence-corrected chi connectivity index (χ1v) is 10.1. The molecule has 140 valence electrons. The molecule has 2 aromatic rings. The van der Waals surface area contributed by atoms with Gasteiger partial charge in [-0.15, -0.1) is 0 Å². The van der Waals surface area contributed by atoms with Gasteiger partial charge in [-0.2, -0.15) is 0 Å². The molecule has 7 nitrogen and oxygen atoms in total. The van der Waals surface area contributed by atoms with Gasteiger partial charge in [0.05, 0.1) is 16.1 Å². The summed E-state index contributed by atoms with van der Waals surface area (Å²) in [7, 11) is -3.91. The molecule has 2 aliphatic rings. The summed E-state index contributed by atoms with van der Waals surface area (Å²) >= 11 is 0. The highest BCUT2D eigenvalue weighted by Gasteiger charge is 2.32. The molecule has 0 atom stereocenters. The minimum atomic E-state index is -3.91. The summed E-state index contributed by atoms with van der Waals surface area (Å²) in [6.45, 7) is 0.803. The third-order valence-corrected chi connectivity index (χ3v) is 6.84. The molecule has 0 bridgehead atoms. The molecule has 2 aromatic carbocycles. The number of aromatic carboxylic acids is 1. The van der Waals surface area contributed by atoms with Crippen LogP contribution in [0, 0.1) is 0 Å². The van der Waals surface area contributed by atoms with Gasteiger partial charge >= 0.3 is 5.97 Å². The molecule has 2 aliphatic heterocycles. The standard InChI is InChI=1S/C19H18N2O5S/c22-18-16-11-13(7-6-12(16)8-9-20-18)27(25,26)21-10-2-4-14-15(19(23)24)3-1-5-17(14)21/h1,3,5-7,11H,2,4,8-10H2,(H,20,22)(H,23,24). The number of fused-ring (bicyclic) bond motifs is 2. The van der Waals surface area contributed by atoms with Crippen LogP contribution in [-0.2, 0) is 22.9 Å². The van der Waals surface area contributed by atoms with Crippen LogP contribution < -0.4 is 9.62 Å². The molecule has 0 aromatic heterocycles. The highest BCUT2D eigenvalue weighted by Crippen LogP contribution is 2.34. The van der Waals surface area contributed by atoms with Crippen molar-refractivity contribution < 1.29 is 23.1 Å². The zero-order chi connectivity index (χ0) is 19.2. The van der Waals surface area contributed by atoms with Gasteiger partial charge in [0.2, 0.25) is 0 Å². The van der Waals surface area contributed by atoms with Gasteiger partial charge in [-0.05, 0) is 54.7 Å². The van der Waals surface area contributed by atoms with E-state index in [1.54, 1.807) is 18.2 Å². The number of anilines is 1. The molecular weight excluding hydrogens is 368 g/mol. The van der Waals surface area contributed by atoms with Gasteiger partial charge in [-0.1, -0.05) is 12.1 Å². The maximum atomic E-state index is 13.3. The van der Waals surface area contributed by atoms with Crippen molar-refractivity contribution in [2.75, 3.05) is 17.4 Å². The minimum absolute atomic E-state index is 0.0341. The SMILES string of the molecule is O=C1NCCc2ccc(S(=O)(=O)N3CCCc4c(C(=O)O)cccc43)cc21. The molecule has 2 heterocycles. The van der Waals surface area contributed by atoms with Crippen molar-refractivity contribution in [2.45, 2.75) is 24.2 Å². The van der Waals surface area contributed by atoms with Gasteiger partial charge in [0, 0.05) is 18.7 Å². The fourth-order valence-electron chi connectivity index (χ4n) is 3.72. The van der Waals surface area contributed by atoms with Crippen LogP contribution in [0.1, 0.15) is 38.3 Å². The average Bonchev–Trinajstić information content (AvgIpc) is 2.67. The Labute approximate surface area is 156 Å². The lowest BCUT2D eigenvalue weighted by atomic mass is 9.98. The van der Waals surface area contributed by atoms with Crippen LogP contribution in [-0.4, -0.2) is 38.5 Å². The molecule has 1 amide bonds. The molecular formula is C19H18N2O5S. The van der Waals surface area contributed by atoms with E-state index >= 15 is 0 Å². The van der Waals surface area contributed by atoms with Crippen molar-refractivity contribution in [1.29, 1.82) is 0 Å². The summed E-state index contributed by atoms with van der Waals surface area (Å²) in [6.07, 6.45) is 1.70. The number of carboxylic acid groups (broad SMARTS) is 1. The van der Waals surface area contributed by atoms with E-state index in [1.165, 1.54) is 22.5 Å². The first-order chi connectivity index (χ1) is 12.9. The van der Waals surface area contributed by atoms with E-state index in [4.69, 9.17) is 0 Å². The molecule has 8 heteroatoms. The van der Waals surface area contributed by atoms with E-state index in [2.05, 4.69) is 5.32 Å². The minimum Gasteiger partial charge on any atom is -0.478 e. The topological polar surface area (TPSA) is 104 Å². The summed E-state index contributed by atoms with van der Waals surface area (Å²) in [5, 5.41) is 12.1. The smallest absolute Gasteiger partial charge is 0.336 e. The number of carbonyl (C=O) groups is 2. The van der Waals surface area contributed by atoms with Crippen molar-refractivity contribution in [3.05, 3.63) is 58.7 Å².